The van der Waals surface area contributed by atoms with Crippen molar-refractivity contribution in [2.45, 2.75) is 63.8 Å². The van der Waals surface area contributed by atoms with Gasteiger partial charge in [-0.25, -0.2) is 19.3 Å². The molecule has 1 aromatic carbocycles. The summed E-state index contributed by atoms with van der Waals surface area (Å²) < 4.78 is 31.6. The first-order chi connectivity index (χ1) is 20.3. The monoisotopic (exact) mass is 578 g/mol. The fourth-order valence-electron chi connectivity index (χ4n) is 5.77. The Bertz CT molecular complexity index is 1440. The number of carbonyl (C=O) groups is 2. The summed E-state index contributed by atoms with van der Waals surface area (Å²) in [6.45, 7) is 3.45. The number of H-pyrrole nitrogens is 1. The van der Waals surface area contributed by atoms with Gasteiger partial charge in [-0.3, -0.25) is 9.59 Å². The highest BCUT2D eigenvalue weighted by atomic mass is 19.1. The molecule has 3 aliphatic rings. The minimum absolute atomic E-state index is 0.0140. The number of ether oxygens (including phenoxy) is 3. The molecule has 1 saturated carbocycles. The summed E-state index contributed by atoms with van der Waals surface area (Å²) in [5, 5.41) is 0. The molecule has 0 radical (unpaired) electrons. The van der Waals surface area contributed by atoms with E-state index in [0.717, 1.165) is 45.2 Å². The van der Waals surface area contributed by atoms with E-state index in [9.17, 15) is 14.0 Å². The zero-order valence-corrected chi connectivity index (χ0v) is 23.6. The molecular formula is C30H35FN6O5. The molecule has 0 bridgehead atoms. The molecule has 3 fully saturated rings. The second-order valence-corrected chi connectivity index (χ2v) is 11.6. The Labute approximate surface area is 243 Å². The lowest BCUT2D eigenvalue weighted by Gasteiger charge is -2.39. The number of anilines is 1. The van der Waals surface area contributed by atoms with Crippen molar-refractivity contribution < 1.29 is 28.2 Å². The molecule has 0 atom stereocenters. The Morgan fingerprint density at radius 1 is 1.02 bits per heavy atom. The van der Waals surface area contributed by atoms with Gasteiger partial charge in [-0.05, 0) is 75.8 Å². The number of aromatic nitrogens is 4. The highest BCUT2D eigenvalue weighted by Gasteiger charge is 2.48. The number of aromatic amines is 1. The van der Waals surface area contributed by atoms with E-state index in [1.54, 1.807) is 31.3 Å². The summed E-state index contributed by atoms with van der Waals surface area (Å²) in [4.78, 5) is 45.0. The molecule has 1 amide bonds. The van der Waals surface area contributed by atoms with Crippen LogP contribution in [0.5, 0.6) is 0 Å². The van der Waals surface area contributed by atoms with Gasteiger partial charge in [-0.1, -0.05) is 6.42 Å². The molecule has 42 heavy (non-hydrogen) atoms. The maximum Gasteiger partial charge on any atom is 0.317 e. The maximum atomic E-state index is 13.7. The van der Waals surface area contributed by atoms with Crippen LogP contribution in [0.1, 0.15) is 64.0 Å². The molecule has 6 rings (SSSR count). The average Bonchev–Trinajstić information content (AvgIpc) is 3.70. The van der Waals surface area contributed by atoms with E-state index >= 15 is 0 Å². The lowest BCUT2D eigenvalue weighted by atomic mass is 9.83. The van der Waals surface area contributed by atoms with Gasteiger partial charge in [-0.15, -0.1) is 0 Å². The van der Waals surface area contributed by atoms with Crippen LogP contribution in [0, 0.1) is 11.2 Å². The quantitative estimate of drug-likeness (QED) is 0.397. The zero-order chi connectivity index (χ0) is 29.3. The Morgan fingerprint density at radius 3 is 2.38 bits per heavy atom. The largest absolute Gasteiger partial charge is 0.448 e. The fraction of sp³-hybridized carbons (Fsp3) is 0.500. The number of amides is 1. The second-order valence-electron chi connectivity index (χ2n) is 11.6. The van der Waals surface area contributed by atoms with Crippen molar-refractivity contribution in [1.29, 1.82) is 0 Å². The van der Waals surface area contributed by atoms with Gasteiger partial charge < -0.3 is 29.8 Å². The van der Waals surface area contributed by atoms with Crippen LogP contribution in [0.3, 0.4) is 0 Å². The van der Waals surface area contributed by atoms with Crippen LogP contribution in [-0.2, 0) is 23.8 Å². The van der Waals surface area contributed by atoms with Crippen LogP contribution in [0.25, 0.3) is 22.6 Å². The molecule has 4 heterocycles. The number of primary amides is 1. The topological polar surface area (TPSA) is 146 Å². The van der Waals surface area contributed by atoms with E-state index in [4.69, 9.17) is 29.9 Å². The third-order valence-electron chi connectivity index (χ3n) is 8.35. The van der Waals surface area contributed by atoms with Crippen LogP contribution in [0.2, 0.25) is 0 Å². The Hall–Kier alpha value is -3.90. The Kier molecular flexibility index (Phi) is 7.67. The van der Waals surface area contributed by atoms with E-state index in [1.807, 2.05) is 0 Å². The molecular weight excluding hydrogens is 543 g/mol. The number of esters is 1. The number of rotatable bonds is 7. The summed E-state index contributed by atoms with van der Waals surface area (Å²) in [6, 6.07) is 7.84. The lowest BCUT2D eigenvalue weighted by molar-refractivity contribution is -0.243. The maximum absolute atomic E-state index is 13.7. The first-order valence-electron chi connectivity index (χ1n) is 14.5. The summed E-state index contributed by atoms with van der Waals surface area (Å²) in [5.41, 5.74) is 5.71. The minimum Gasteiger partial charge on any atom is -0.448 e. The van der Waals surface area contributed by atoms with Crippen LogP contribution >= 0.6 is 0 Å². The molecule has 1 aliphatic carbocycles. The highest BCUT2D eigenvalue weighted by molar-refractivity contribution is 5.88. The number of hydrogen-bond donors (Lipinski definition) is 2. The first kappa shape index (κ1) is 28.2. The number of imidazole rings is 1. The number of benzene rings is 1. The van der Waals surface area contributed by atoms with Gasteiger partial charge in [0, 0.05) is 24.8 Å². The van der Waals surface area contributed by atoms with Crippen molar-refractivity contribution in [2.24, 2.45) is 11.1 Å². The van der Waals surface area contributed by atoms with E-state index in [0.29, 0.717) is 47.3 Å². The van der Waals surface area contributed by atoms with Crippen LogP contribution in [0.15, 0.2) is 36.5 Å². The van der Waals surface area contributed by atoms with E-state index in [1.165, 1.54) is 12.1 Å². The van der Waals surface area contributed by atoms with Gasteiger partial charge in [0.05, 0.1) is 30.3 Å². The van der Waals surface area contributed by atoms with Crippen molar-refractivity contribution in [1.82, 2.24) is 19.9 Å². The smallest absolute Gasteiger partial charge is 0.317 e. The van der Waals surface area contributed by atoms with Crippen molar-refractivity contribution >= 4 is 17.8 Å². The molecule has 0 spiro atoms. The Balaban J connectivity index is 1.24. The second kappa shape index (κ2) is 11.4. The predicted octanol–water partition coefficient (Wildman–Crippen LogP) is 4.06. The van der Waals surface area contributed by atoms with E-state index in [-0.39, 0.29) is 19.0 Å². The molecule has 3 aromatic rings. The number of nitrogens with one attached hydrogen (secondary N) is 1. The number of hydrogen-bond acceptors (Lipinski definition) is 9. The molecule has 3 N–H and O–H groups in total. The molecule has 11 nitrogen and oxygen atoms in total. The third kappa shape index (κ3) is 5.48. The van der Waals surface area contributed by atoms with Gasteiger partial charge in [-0.2, -0.15) is 0 Å². The van der Waals surface area contributed by atoms with Crippen LogP contribution in [0.4, 0.5) is 10.3 Å². The number of nitrogens with zero attached hydrogens (tertiary/aromatic N) is 4. The summed E-state index contributed by atoms with van der Waals surface area (Å²) in [7, 11) is 0. The molecule has 222 valence electrons. The number of nitrogens with two attached hydrogens (primary N) is 1. The van der Waals surface area contributed by atoms with Gasteiger partial charge in [0.2, 0.25) is 12.2 Å². The van der Waals surface area contributed by atoms with Gasteiger partial charge in [0.25, 0.3) is 5.91 Å². The summed E-state index contributed by atoms with van der Waals surface area (Å²) >= 11 is 0. The highest BCUT2D eigenvalue weighted by Crippen LogP contribution is 2.39. The Morgan fingerprint density at radius 2 is 1.71 bits per heavy atom. The fourth-order valence-corrected chi connectivity index (χ4v) is 5.77. The molecule has 2 aliphatic heterocycles. The average molecular weight is 579 g/mol. The molecule has 2 saturated heterocycles. The van der Waals surface area contributed by atoms with Crippen molar-refractivity contribution in [3.63, 3.8) is 0 Å². The van der Waals surface area contributed by atoms with Gasteiger partial charge >= 0.3 is 5.97 Å². The van der Waals surface area contributed by atoms with Crippen molar-refractivity contribution in [2.75, 3.05) is 31.2 Å². The summed E-state index contributed by atoms with van der Waals surface area (Å²) in [6.07, 6.45) is 6.33. The number of carbonyl (C=O) groups excluding carboxylic acids is 2. The van der Waals surface area contributed by atoms with E-state index < -0.39 is 29.2 Å². The SMILES string of the molecule is CC1(C(=O)OC2(C(N)=O)CCCCC2)COC(c2nc(-c3ccc(F)cc3)c(-c3ccnc(N4CCCC4)n3)[nH]2)OC1. The van der Waals surface area contributed by atoms with Crippen LogP contribution in [-0.4, -0.2) is 63.7 Å². The minimum atomic E-state index is -1.29. The molecule has 0 unspecified atom stereocenters. The standard InChI is InChI=1S/C30H35FN6O5/c1-29(27(39)42-30(26(32)38)12-3-2-4-13-30)17-40-25(41-18-29)24-35-22(19-7-9-20(31)10-8-19)23(36-24)21-11-14-33-28(34-21)37-15-5-6-16-37/h7-11,14,25H,2-6,12-13,15-18H2,1H3,(H2,32,38)(H,35,36). The van der Waals surface area contributed by atoms with Crippen molar-refractivity contribution in [3.05, 3.63) is 48.2 Å². The molecule has 2 aromatic heterocycles. The summed E-state index contributed by atoms with van der Waals surface area (Å²) in [5.74, 6) is -0.543. The van der Waals surface area contributed by atoms with Gasteiger partial charge in [0.15, 0.2) is 11.4 Å². The molecule has 12 heteroatoms. The third-order valence-corrected chi connectivity index (χ3v) is 8.35. The van der Waals surface area contributed by atoms with Crippen molar-refractivity contribution in [3.8, 4) is 22.6 Å². The number of halogens is 1. The zero-order valence-electron chi connectivity index (χ0n) is 23.6. The normalized spacial score (nSPS) is 24.0. The van der Waals surface area contributed by atoms with Gasteiger partial charge in [0.1, 0.15) is 11.2 Å². The predicted molar refractivity (Wildman–Crippen MR) is 150 cm³/mol. The lowest BCUT2D eigenvalue weighted by Crippen LogP contribution is -2.53. The first-order valence-corrected chi connectivity index (χ1v) is 14.5. The van der Waals surface area contributed by atoms with E-state index in [2.05, 4.69) is 14.9 Å². The van der Waals surface area contributed by atoms with Crippen LogP contribution < -0.4 is 10.6 Å².